The molecule has 1 unspecified atom stereocenters. The highest BCUT2D eigenvalue weighted by atomic mass is 16.5. The van der Waals surface area contributed by atoms with Crippen LogP contribution in [0.4, 0.5) is 0 Å². The van der Waals surface area contributed by atoms with Gasteiger partial charge in [0.15, 0.2) is 0 Å². The van der Waals surface area contributed by atoms with Crippen molar-refractivity contribution in [2.45, 2.75) is 38.1 Å². The van der Waals surface area contributed by atoms with Crippen LogP contribution >= 0.6 is 0 Å². The van der Waals surface area contributed by atoms with Gasteiger partial charge >= 0.3 is 0 Å². The minimum atomic E-state index is 0.648. The van der Waals surface area contributed by atoms with Gasteiger partial charge in [-0.1, -0.05) is 6.42 Å². The van der Waals surface area contributed by atoms with Gasteiger partial charge in [-0.05, 0) is 31.6 Å². The Hall–Kier alpha value is -0.160. The van der Waals surface area contributed by atoms with E-state index in [1.54, 1.807) is 7.11 Å². The highest BCUT2D eigenvalue weighted by Crippen LogP contribution is 2.29. The van der Waals surface area contributed by atoms with Crippen LogP contribution in [0.2, 0.25) is 0 Å². The van der Waals surface area contributed by atoms with Crippen LogP contribution < -0.4 is 5.32 Å². The summed E-state index contributed by atoms with van der Waals surface area (Å²) in [5, 5.41) is 3.48. The Bertz CT molecular complexity index is 222. The SMILES string of the molecule is COCCNCC1CCCCN1COCC1CC1. The number of hydrogen-bond donors (Lipinski definition) is 1. The molecule has 0 aromatic rings. The molecule has 4 heteroatoms. The van der Waals surface area contributed by atoms with E-state index in [1.807, 2.05) is 0 Å². The molecule has 0 radical (unpaired) electrons. The summed E-state index contributed by atoms with van der Waals surface area (Å²) in [5.41, 5.74) is 0. The third kappa shape index (κ3) is 5.22. The molecule has 0 aromatic heterocycles. The topological polar surface area (TPSA) is 33.7 Å². The largest absolute Gasteiger partial charge is 0.383 e. The Morgan fingerprint density at radius 3 is 2.89 bits per heavy atom. The number of nitrogens with zero attached hydrogens (tertiary/aromatic N) is 1. The molecule has 2 aliphatic rings. The molecule has 4 nitrogen and oxygen atoms in total. The van der Waals surface area contributed by atoms with Crippen molar-refractivity contribution in [1.29, 1.82) is 0 Å². The van der Waals surface area contributed by atoms with E-state index in [2.05, 4.69) is 10.2 Å². The quantitative estimate of drug-likeness (QED) is 0.633. The number of hydrogen-bond acceptors (Lipinski definition) is 4. The van der Waals surface area contributed by atoms with Gasteiger partial charge < -0.3 is 14.8 Å². The number of rotatable bonds is 9. The molecule has 0 amide bonds. The first kappa shape index (κ1) is 14.3. The average molecular weight is 256 g/mol. The predicted molar refractivity (Wildman–Crippen MR) is 72.6 cm³/mol. The van der Waals surface area contributed by atoms with E-state index in [4.69, 9.17) is 9.47 Å². The number of likely N-dealkylation sites (tertiary alicyclic amines) is 1. The first-order chi connectivity index (χ1) is 8.90. The van der Waals surface area contributed by atoms with Gasteiger partial charge in [-0.2, -0.15) is 0 Å². The zero-order chi connectivity index (χ0) is 12.6. The van der Waals surface area contributed by atoms with Crippen molar-refractivity contribution in [3.63, 3.8) is 0 Å². The molecule has 1 heterocycles. The van der Waals surface area contributed by atoms with Crippen LogP contribution in [-0.2, 0) is 9.47 Å². The fourth-order valence-corrected chi connectivity index (χ4v) is 2.53. The van der Waals surface area contributed by atoms with Gasteiger partial charge in [0.25, 0.3) is 0 Å². The van der Waals surface area contributed by atoms with E-state index < -0.39 is 0 Å². The summed E-state index contributed by atoms with van der Waals surface area (Å²) in [5.74, 6) is 0.869. The van der Waals surface area contributed by atoms with Crippen LogP contribution in [0, 0.1) is 5.92 Å². The minimum absolute atomic E-state index is 0.648. The summed E-state index contributed by atoms with van der Waals surface area (Å²) in [4.78, 5) is 2.51. The molecule has 1 atom stereocenters. The second-order valence-electron chi connectivity index (χ2n) is 5.60. The minimum Gasteiger partial charge on any atom is -0.383 e. The van der Waals surface area contributed by atoms with Gasteiger partial charge in [0.1, 0.15) is 0 Å². The van der Waals surface area contributed by atoms with Crippen LogP contribution in [0.5, 0.6) is 0 Å². The zero-order valence-electron chi connectivity index (χ0n) is 11.7. The van der Waals surface area contributed by atoms with Gasteiger partial charge in [-0.25, -0.2) is 0 Å². The normalized spacial score (nSPS) is 25.5. The van der Waals surface area contributed by atoms with Crippen LogP contribution in [-0.4, -0.2) is 57.6 Å². The van der Waals surface area contributed by atoms with Crippen molar-refractivity contribution >= 4 is 0 Å². The smallest absolute Gasteiger partial charge is 0.0993 e. The molecule has 2 fully saturated rings. The fraction of sp³-hybridized carbons (Fsp3) is 1.00. The summed E-state index contributed by atoms with van der Waals surface area (Å²) in [6, 6.07) is 0.648. The van der Waals surface area contributed by atoms with Crippen LogP contribution in [0.15, 0.2) is 0 Å². The number of ether oxygens (including phenoxy) is 2. The maximum atomic E-state index is 5.83. The van der Waals surface area contributed by atoms with Crippen molar-refractivity contribution in [1.82, 2.24) is 10.2 Å². The van der Waals surface area contributed by atoms with E-state index in [0.29, 0.717) is 6.04 Å². The molecule has 1 aliphatic heterocycles. The molecule has 1 saturated carbocycles. The van der Waals surface area contributed by atoms with Crippen molar-refractivity contribution in [2.24, 2.45) is 5.92 Å². The predicted octanol–water partition coefficient (Wildman–Crippen LogP) is 1.46. The van der Waals surface area contributed by atoms with Gasteiger partial charge in [0, 0.05) is 32.8 Å². The first-order valence-electron chi connectivity index (χ1n) is 7.41. The van der Waals surface area contributed by atoms with E-state index in [-0.39, 0.29) is 0 Å². The molecule has 0 spiro atoms. The summed E-state index contributed by atoms with van der Waals surface area (Å²) in [6.07, 6.45) is 6.73. The van der Waals surface area contributed by atoms with Crippen molar-refractivity contribution in [3.8, 4) is 0 Å². The monoisotopic (exact) mass is 256 g/mol. The Labute approximate surface area is 111 Å². The summed E-state index contributed by atoms with van der Waals surface area (Å²) >= 11 is 0. The Morgan fingerprint density at radius 2 is 2.11 bits per heavy atom. The number of methoxy groups -OCH3 is 1. The standard InChI is InChI=1S/C14H28N2O2/c1-17-9-7-15-10-14-4-2-3-8-16(14)12-18-11-13-5-6-13/h13-15H,2-12H2,1H3. The Kier molecular flexibility index (Phi) is 6.41. The van der Waals surface area contributed by atoms with Crippen LogP contribution in [0.3, 0.4) is 0 Å². The van der Waals surface area contributed by atoms with Crippen LogP contribution in [0.25, 0.3) is 0 Å². The molecule has 0 aromatic carbocycles. The molecule has 106 valence electrons. The van der Waals surface area contributed by atoms with E-state index >= 15 is 0 Å². The molecule has 1 saturated heterocycles. The lowest BCUT2D eigenvalue weighted by molar-refractivity contribution is -0.0132. The van der Waals surface area contributed by atoms with Crippen molar-refractivity contribution in [2.75, 3.05) is 46.7 Å². The summed E-state index contributed by atoms with van der Waals surface area (Å²) in [7, 11) is 1.75. The average Bonchev–Trinajstić information content (AvgIpc) is 3.20. The lowest BCUT2D eigenvalue weighted by Crippen LogP contribution is -2.46. The maximum absolute atomic E-state index is 5.83. The summed E-state index contributed by atoms with van der Waals surface area (Å²) in [6.45, 7) is 5.81. The van der Waals surface area contributed by atoms with E-state index in [0.717, 1.165) is 39.0 Å². The molecular weight excluding hydrogens is 228 g/mol. The van der Waals surface area contributed by atoms with Crippen molar-refractivity contribution < 1.29 is 9.47 Å². The maximum Gasteiger partial charge on any atom is 0.0993 e. The molecule has 0 bridgehead atoms. The molecule has 1 aliphatic carbocycles. The third-order valence-electron chi connectivity index (χ3n) is 3.92. The molecular formula is C14H28N2O2. The zero-order valence-corrected chi connectivity index (χ0v) is 11.7. The second kappa shape index (κ2) is 8.10. The first-order valence-corrected chi connectivity index (χ1v) is 7.41. The Balaban J connectivity index is 1.60. The van der Waals surface area contributed by atoms with Gasteiger partial charge in [-0.3, -0.25) is 4.90 Å². The number of nitrogens with one attached hydrogen (secondary N) is 1. The van der Waals surface area contributed by atoms with Gasteiger partial charge in [0.2, 0.25) is 0 Å². The fourth-order valence-electron chi connectivity index (χ4n) is 2.53. The molecule has 2 rings (SSSR count). The lowest BCUT2D eigenvalue weighted by Gasteiger charge is -2.35. The van der Waals surface area contributed by atoms with E-state index in [9.17, 15) is 0 Å². The number of piperidine rings is 1. The van der Waals surface area contributed by atoms with Gasteiger partial charge in [0.05, 0.1) is 19.9 Å². The highest BCUT2D eigenvalue weighted by Gasteiger charge is 2.24. The van der Waals surface area contributed by atoms with Gasteiger partial charge in [-0.15, -0.1) is 0 Å². The Morgan fingerprint density at radius 1 is 1.22 bits per heavy atom. The second-order valence-corrected chi connectivity index (χ2v) is 5.60. The van der Waals surface area contributed by atoms with Crippen LogP contribution in [0.1, 0.15) is 32.1 Å². The lowest BCUT2D eigenvalue weighted by atomic mass is 10.0. The van der Waals surface area contributed by atoms with E-state index in [1.165, 1.54) is 38.6 Å². The van der Waals surface area contributed by atoms with Crippen molar-refractivity contribution in [3.05, 3.63) is 0 Å². The highest BCUT2D eigenvalue weighted by molar-refractivity contribution is 4.78. The third-order valence-corrected chi connectivity index (χ3v) is 3.92. The molecule has 1 N–H and O–H groups in total. The molecule has 18 heavy (non-hydrogen) atoms. The summed E-state index contributed by atoms with van der Waals surface area (Å²) < 4.78 is 10.9.